The fraction of sp³-hybridized carbons (Fsp3) is 0.571. The van der Waals surface area contributed by atoms with Gasteiger partial charge in [-0.15, -0.1) is 11.3 Å². The van der Waals surface area contributed by atoms with Crippen LogP contribution in [-0.2, 0) is 19.4 Å². The van der Waals surface area contributed by atoms with Crippen molar-refractivity contribution < 1.29 is 5.11 Å². The van der Waals surface area contributed by atoms with Crippen LogP contribution in [-0.4, -0.2) is 26.5 Å². The van der Waals surface area contributed by atoms with Crippen LogP contribution in [0.15, 0.2) is 12.4 Å². The molecule has 6 heteroatoms. The first-order valence-corrected chi connectivity index (χ1v) is 7.96. The number of aryl methyl sites for hydroxylation is 2. The number of aliphatic hydroxyl groups excluding tert-OH is 1. The van der Waals surface area contributed by atoms with E-state index in [4.69, 9.17) is 10.1 Å². The summed E-state index contributed by atoms with van der Waals surface area (Å²) in [4.78, 5) is 6.25. The molecule has 2 aromatic heterocycles. The molecule has 2 aromatic rings. The first-order valence-electron chi connectivity index (χ1n) is 7.14. The molecule has 20 heavy (non-hydrogen) atoms. The Bertz CT molecular complexity index is 554. The van der Waals surface area contributed by atoms with Crippen LogP contribution in [0.4, 0.5) is 5.69 Å². The van der Waals surface area contributed by atoms with Crippen LogP contribution < -0.4 is 5.32 Å². The summed E-state index contributed by atoms with van der Waals surface area (Å²) < 4.78 is 1.74. The Balaban J connectivity index is 1.68. The first-order chi connectivity index (χ1) is 9.76. The van der Waals surface area contributed by atoms with Crippen LogP contribution in [0.3, 0.4) is 0 Å². The second-order valence-corrected chi connectivity index (χ2v) is 6.33. The number of rotatable bonds is 5. The quantitative estimate of drug-likeness (QED) is 0.888. The van der Waals surface area contributed by atoms with E-state index in [-0.39, 0.29) is 12.6 Å². The monoisotopic (exact) mass is 292 g/mol. The van der Waals surface area contributed by atoms with E-state index in [0.717, 1.165) is 17.1 Å². The standard InChI is InChI=1S/C14H20N4OS/c1-10(16-11-8-15-18(9-11)6-7-19)14-17-12-4-2-3-5-13(12)20-14/h8-10,16,19H,2-7H2,1H3. The number of nitrogens with zero attached hydrogens (tertiary/aromatic N) is 3. The highest BCUT2D eigenvalue weighted by Gasteiger charge is 2.18. The lowest BCUT2D eigenvalue weighted by Gasteiger charge is -2.10. The molecule has 0 fully saturated rings. The van der Waals surface area contributed by atoms with Crippen molar-refractivity contribution in [2.24, 2.45) is 0 Å². The predicted molar refractivity (Wildman–Crippen MR) is 80.1 cm³/mol. The summed E-state index contributed by atoms with van der Waals surface area (Å²) in [6, 6.07) is 0.192. The molecule has 0 saturated carbocycles. The second kappa shape index (κ2) is 5.93. The Hall–Kier alpha value is -1.40. The summed E-state index contributed by atoms with van der Waals surface area (Å²) in [5.74, 6) is 0. The van der Waals surface area contributed by atoms with Crippen molar-refractivity contribution in [1.29, 1.82) is 0 Å². The van der Waals surface area contributed by atoms with Gasteiger partial charge in [-0.05, 0) is 32.6 Å². The molecule has 0 aliphatic heterocycles. The van der Waals surface area contributed by atoms with Gasteiger partial charge in [0.05, 0.1) is 36.8 Å². The van der Waals surface area contributed by atoms with Gasteiger partial charge in [-0.3, -0.25) is 4.68 Å². The zero-order valence-corrected chi connectivity index (χ0v) is 12.5. The smallest absolute Gasteiger partial charge is 0.115 e. The Kier molecular flexibility index (Phi) is 4.03. The number of aromatic nitrogens is 3. The number of hydrogen-bond donors (Lipinski definition) is 2. The summed E-state index contributed by atoms with van der Waals surface area (Å²) in [6.07, 6.45) is 8.59. The fourth-order valence-corrected chi connectivity index (χ4v) is 3.69. The molecule has 2 heterocycles. The van der Waals surface area contributed by atoms with Gasteiger partial charge in [-0.1, -0.05) is 0 Å². The number of anilines is 1. The van der Waals surface area contributed by atoms with Crippen molar-refractivity contribution in [3.63, 3.8) is 0 Å². The molecule has 1 aliphatic rings. The summed E-state index contributed by atoms with van der Waals surface area (Å²) >= 11 is 1.84. The van der Waals surface area contributed by atoms with E-state index in [1.54, 1.807) is 10.9 Å². The van der Waals surface area contributed by atoms with E-state index >= 15 is 0 Å². The van der Waals surface area contributed by atoms with Crippen LogP contribution >= 0.6 is 11.3 Å². The summed E-state index contributed by atoms with van der Waals surface area (Å²) in [5.41, 5.74) is 2.28. The Morgan fingerprint density at radius 3 is 3.10 bits per heavy atom. The molecular formula is C14H20N4OS. The normalized spacial score (nSPS) is 15.9. The summed E-state index contributed by atoms with van der Waals surface area (Å²) in [5, 5.41) is 17.7. The lowest BCUT2D eigenvalue weighted by Crippen LogP contribution is -2.06. The van der Waals surface area contributed by atoms with Crippen LogP contribution in [0.25, 0.3) is 0 Å². The van der Waals surface area contributed by atoms with E-state index in [2.05, 4.69) is 17.3 Å². The second-order valence-electron chi connectivity index (χ2n) is 5.21. The lowest BCUT2D eigenvalue weighted by atomic mass is 10.0. The van der Waals surface area contributed by atoms with E-state index in [1.807, 2.05) is 17.5 Å². The maximum atomic E-state index is 8.89. The van der Waals surface area contributed by atoms with Crippen molar-refractivity contribution in [2.75, 3.05) is 11.9 Å². The molecule has 0 amide bonds. The van der Waals surface area contributed by atoms with Crippen LogP contribution in [0.5, 0.6) is 0 Å². The number of hydrogen-bond acceptors (Lipinski definition) is 5. The van der Waals surface area contributed by atoms with Crippen molar-refractivity contribution in [1.82, 2.24) is 14.8 Å². The molecule has 0 saturated heterocycles. The van der Waals surface area contributed by atoms with E-state index in [0.29, 0.717) is 6.54 Å². The summed E-state index contributed by atoms with van der Waals surface area (Å²) in [7, 11) is 0. The van der Waals surface area contributed by atoms with Gasteiger partial charge in [0.25, 0.3) is 0 Å². The number of fused-ring (bicyclic) bond motifs is 1. The highest BCUT2D eigenvalue weighted by atomic mass is 32.1. The molecule has 0 radical (unpaired) electrons. The molecule has 3 rings (SSSR count). The van der Waals surface area contributed by atoms with Gasteiger partial charge in [0.1, 0.15) is 5.01 Å². The molecule has 1 atom stereocenters. The van der Waals surface area contributed by atoms with Gasteiger partial charge < -0.3 is 10.4 Å². The van der Waals surface area contributed by atoms with E-state index in [1.165, 1.54) is 29.8 Å². The van der Waals surface area contributed by atoms with Gasteiger partial charge in [0, 0.05) is 11.1 Å². The highest BCUT2D eigenvalue weighted by molar-refractivity contribution is 7.11. The zero-order valence-electron chi connectivity index (χ0n) is 11.7. The Morgan fingerprint density at radius 2 is 2.30 bits per heavy atom. The minimum absolute atomic E-state index is 0.107. The third kappa shape index (κ3) is 2.86. The average Bonchev–Trinajstić information content (AvgIpc) is 3.05. The SMILES string of the molecule is CC(Nc1cnn(CCO)c1)c1nc2c(s1)CCCC2. The predicted octanol–water partition coefficient (Wildman–Crippen LogP) is 2.38. The molecular weight excluding hydrogens is 272 g/mol. The first kappa shape index (κ1) is 13.6. The Labute approximate surface area is 122 Å². The van der Waals surface area contributed by atoms with E-state index in [9.17, 15) is 0 Å². The van der Waals surface area contributed by atoms with Crippen LogP contribution in [0, 0.1) is 0 Å². The van der Waals surface area contributed by atoms with Gasteiger partial charge in [0.2, 0.25) is 0 Å². The van der Waals surface area contributed by atoms with Crippen molar-refractivity contribution in [3.05, 3.63) is 28.0 Å². The lowest BCUT2D eigenvalue weighted by molar-refractivity contribution is 0.269. The van der Waals surface area contributed by atoms with Crippen molar-refractivity contribution >= 4 is 17.0 Å². The third-order valence-corrected chi connectivity index (χ3v) is 4.92. The van der Waals surface area contributed by atoms with Crippen molar-refractivity contribution in [2.45, 2.75) is 45.2 Å². The minimum atomic E-state index is 0.107. The Morgan fingerprint density at radius 1 is 1.45 bits per heavy atom. The molecule has 2 N–H and O–H groups in total. The summed E-state index contributed by atoms with van der Waals surface area (Å²) in [6.45, 7) is 2.77. The zero-order chi connectivity index (χ0) is 13.9. The number of nitrogens with one attached hydrogen (secondary N) is 1. The molecule has 108 valence electrons. The molecule has 1 unspecified atom stereocenters. The fourth-order valence-electron chi connectivity index (χ4n) is 2.53. The van der Waals surface area contributed by atoms with Crippen LogP contribution in [0.1, 0.15) is 41.4 Å². The molecule has 5 nitrogen and oxygen atoms in total. The topological polar surface area (TPSA) is 63.0 Å². The maximum Gasteiger partial charge on any atom is 0.115 e. The number of thiazole rings is 1. The largest absolute Gasteiger partial charge is 0.394 e. The van der Waals surface area contributed by atoms with Crippen LogP contribution in [0.2, 0.25) is 0 Å². The highest BCUT2D eigenvalue weighted by Crippen LogP contribution is 2.30. The molecule has 0 spiro atoms. The van der Waals surface area contributed by atoms with E-state index < -0.39 is 0 Å². The average molecular weight is 292 g/mol. The van der Waals surface area contributed by atoms with Crippen molar-refractivity contribution in [3.8, 4) is 0 Å². The molecule has 0 bridgehead atoms. The minimum Gasteiger partial charge on any atom is -0.394 e. The van der Waals surface area contributed by atoms with Gasteiger partial charge in [-0.2, -0.15) is 5.10 Å². The molecule has 0 aromatic carbocycles. The van der Waals surface area contributed by atoms with Gasteiger partial charge in [0.15, 0.2) is 0 Å². The van der Waals surface area contributed by atoms with Gasteiger partial charge >= 0.3 is 0 Å². The number of aliphatic hydroxyl groups is 1. The maximum absolute atomic E-state index is 8.89. The molecule has 1 aliphatic carbocycles. The third-order valence-electron chi connectivity index (χ3n) is 3.58. The van der Waals surface area contributed by atoms with Gasteiger partial charge in [-0.25, -0.2) is 4.98 Å².